The van der Waals surface area contributed by atoms with E-state index in [2.05, 4.69) is 26.8 Å². The van der Waals surface area contributed by atoms with E-state index in [0.717, 1.165) is 44.9 Å². The standard InChI is InChI=1S/C24H36O5/c1-14-12-21-19-7-6-17-13-18(28-16(3)26)8-10-22(17,4)20(19)9-11-23(21,5)24(14,29-27)15(2)25/h6,14,18-21,27H,7-13H2,1-5H3/t14-,18+,19-,20+,21-,22+,23+,24+/m1/s1. The maximum Gasteiger partial charge on any atom is 0.302 e. The number of carbonyl (C=O) groups is 2. The van der Waals surface area contributed by atoms with E-state index in [4.69, 9.17) is 9.62 Å². The third-order valence-corrected chi connectivity index (χ3v) is 9.60. The summed E-state index contributed by atoms with van der Waals surface area (Å²) in [7, 11) is 0. The van der Waals surface area contributed by atoms with Crippen molar-refractivity contribution in [2.75, 3.05) is 0 Å². The van der Waals surface area contributed by atoms with Crippen molar-refractivity contribution in [2.24, 2.45) is 34.5 Å². The normalized spacial score (nSPS) is 48.8. The molecule has 0 spiro atoms. The van der Waals surface area contributed by atoms with Gasteiger partial charge in [0.15, 0.2) is 11.4 Å². The minimum Gasteiger partial charge on any atom is -0.462 e. The summed E-state index contributed by atoms with van der Waals surface area (Å²) in [5, 5.41) is 9.92. The number of fused-ring (bicyclic) bond motifs is 5. The molecule has 5 heteroatoms. The fourth-order valence-corrected chi connectivity index (χ4v) is 8.30. The van der Waals surface area contributed by atoms with Gasteiger partial charge in [-0.2, -0.15) is 0 Å². The molecule has 3 saturated carbocycles. The fourth-order valence-electron chi connectivity index (χ4n) is 8.30. The summed E-state index contributed by atoms with van der Waals surface area (Å²) in [6.45, 7) is 9.71. The zero-order valence-electron chi connectivity index (χ0n) is 18.5. The summed E-state index contributed by atoms with van der Waals surface area (Å²) in [5.74, 6) is 1.23. The van der Waals surface area contributed by atoms with Gasteiger partial charge in [-0.25, -0.2) is 4.89 Å². The number of rotatable bonds is 3. The highest BCUT2D eigenvalue weighted by Gasteiger charge is 2.69. The molecule has 162 valence electrons. The number of ketones is 1. The first-order chi connectivity index (χ1) is 13.6. The molecular formula is C24H36O5. The van der Waals surface area contributed by atoms with E-state index in [1.807, 2.05) is 0 Å². The number of allylic oxidation sites excluding steroid dienone is 1. The second kappa shape index (κ2) is 6.91. The molecule has 0 saturated heterocycles. The smallest absolute Gasteiger partial charge is 0.302 e. The van der Waals surface area contributed by atoms with Crippen molar-refractivity contribution in [1.82, 2.24) is 0 Å². The highest BCUT2D eigenvalue weighted by molar-refractivity contribution is 5.87. The summed E-state index contributed by atoms with van der Waals surface area (Å²) in [6.07, 6.45) is 9.13. The van der Waals surface area contributed by atoms with E-state index in [1.54, 1.807) is 6.92 Å². The van der Waals surface area contributed by atoms with Crippen molar-refractivity contribution in [2.45, 2.75) is 91.3 Å². The summed E-state index contributed by atoms with van der Waals surface area (Å²) in [6, 6.07) is 0. The van der Waals surface area contributed by atoms with Crippen LogP contribution in [0.2, 0.25) is 0 Å². The molecule has 4 aliphatic rings. The van der Waals surface area contributed by atoms with Crippen LogP contribution in [-0.2, 0) is 19.2 Å². The summed E-state index contributed by atoms with van der Waals surface area (Å²) in [4.78, 5) is 29.2. The second-order valence-corrected chi connectivity index (χ2v) is 10.7. The molecule has 0 aromatic rings. The van der Waals surface area contributed by atoms with E-state index in [1.165, 1.54) is 12.5 Å². The molecule has 0 aliphatic heterocycles. The van der Waals surface area contributed by atoms with Crippen molar-refractivity contribution in [3.05, 3.63) is 11.6 Å². The quantitative estimate of drug-likeness (QED) is 0.312. The lowest BCUT2D eigenvalue weighted by Gasteiger charge is -2.58. The molecule has 0 amide bonds. The van der Waals surface area contributed by atoms with Crippen LogP contribution in [0.3, 0.4) is 0 Å². The molecule has 5 nitrogen and oxygen atoms in total. The Morgan fingerprint density at radius 3 is 2.48 bits per heavy atom. The Morgan fingerprint density at radius 2 is 1.86 bits per heavy atom. The van der Waals surface area contributed by atoms with E-state index in [9.17, 15) is 14.8 Å². The Kier molecular flexibility index (Phi) is 5.02. The van der Waals surface area contributed by atoms with Crippen LogP contribution in [0.5, 0.6) is 0 Å². The molecule has 4 aliphatic carbocycles. The van der Waals surface area contributed by atoms with Crippen LogP contribution in [0, 0.1) is 34.5 Å². The van der Waals surface area contributed by atoms with Crippen LogP contribution in [0.4, 0.5) is 0 Å². The van der Waals surface area contributed by atoms with E-state index >= 15 is 0 Å². The molecule has 29 heavy (non-hydrogen) atoms. The number of ether oxygens (including phenoxy) is 1. The Labute approximate surface area is 174 Å². The minimum absolute atomic E-state index is 0.0108. The predicted molar refractivity (Wildman–Crippen MR) is 109 cm³/mol. The number of Topliss-reactive ketones (excluding diaryl/α,β-unsaturated/α-hetero) is 1. The zero-order valence-corrected chi connectivity index (χ0v) is 18.5. The SMILES string of the molecule is CC(=O)O[C@H]1CC[C@@]2(C)C(=CC[C@H]3[C@H]4C[C@@H](C)[C@](OO)(C(C)=O)[C@@]4(C)CC[C@@H]32)C1. The molecule has 0 heterocycles. The van der Waals surface area contributed by atoms with Gasteiger partial charge in [-0.3, -0.25) is 14.8 Å². The monoisotopic (exact) mass is 404 g/mol. The Hall–Kier alpha value is -1.20. The van der Waals surface area contributed by atoms with Crippen LogP contribution < -0.4 is 0 Å². The van der Waals surface area contributed by atoms with Crippen LogP contribution in [0.1, 0.15) is 79.6 Å². The Bertz CT molecular complexity index is 744. The van der Waals surface area contributed by atoms with E-state index < -0.39 is 5.60 Å². The highest BCUT2D eigenvalue weighted by atomic mass is 17.1. The summed E-state index contributed by atoms with van der Waals surface area (Å²) in [5.41, 5.74) is 0.193. The van der Waals surface area contributed by atoms with Gasteiger partial charge in [0, 0.05) is 18.8 Å². The average Bonchev–Trinajstić information content (AvgIpc) is 2.88. The average molecular weight is 405 g/mol. The number of hydrogen-bond donors (Lipinski definition) is 1. The lowest BCUT2D eigenvalue weighted by molar-refractivity contribution is -0.347. The molecule has 0 aromatic heterocycles. The number of carbonyl (C=O) groups excluding carboxylic acids is 2. The lowest BCUT2D eigenvalue weighted by Crippen LogP contribution is -2.59. The van der Waals surface area contributed by atoms with Gasteiger partial charge >= 0.3 is 5.97 Å². The third-order valence-electron chi connectivity index (χ3n) is 9.60. The third kappa shape index (κ3) is 2.72. The van der Waals surface area contributed by atoms with Crippen molar-refractivity contribution in [3.8, 4) is 0 Å². The maximum atomic E-state index is 12.7. The van der Waals surface area contributed by atoms with Gasteiger partial charge in [0.1, 0.15) is 6.10 Å². The molecule has 0 unspecified atom stereocenters. The Morgan fingerprint density at radius 1 is 1.14 bits per heavy atom. The topological polar surface area (TPSA) is 72.8 Å². The van der Waals surface area contributed by atoms with Crippen LogP contribution in [0.15, 0.2) is 11.6 Å². The van der Waals surface area contributed by atoms with Gasteiger partial charge in [-0.1, -0.05) is 32.4 Å². The molecule has 0 radical (unpaired) electrons. The first kappa shape index (κ1) is 21.0. The summed E-state index contributed by atoms with van der Waals surface area (Å²) < 4.78 is 5.53. The van der Waals surface area contributed by atoms with Crippen molar-refractivity contribution < 1.29 is 24.5 Å². The number of esters is 1. The molecular weight excluding hydrogens is 368 g/mol. The van der Waals surface area contributed by atoms with Crippen LogP contribution in [0.25, 0.3) is 0 Å². The zero-order chi connectivity index (χ0) is 21.2. The van der Waals surface area contributed by atoms with Crippen LogP contribution >= 0.6 is 0 Å². The van der Waals surface area contributed by atoms with Crippen molar-refractivity contribution >= 4 is 11.8 Å². The molecule has 3 fully saturated rings. The molecule has 1 N–H and O–H groups in total. The molecule has 8 atom stereocenters. The van der Waals surface area contributed by atoms with Gasteiger partial charge in [0.05, 0.1) is 0 Å². The molecule has 0 aromatic carbocycles. The van der Waals surface area contributed by atoms with Gasteiger partial charge in [0.25, 0.3) is 0 Å². The number of hydrogen-bond acceptors (Lipinski definition) is 5. The van der Waals surface area contributed by atoms with E-state index in [0.29, 0.717) is 17.8 Å². The molecule has 0 bridgehead atoms. The van der Waals surface area contributed by atoms with Crippen molar-refractivity contribution in [1.29, 1.82) is 0 Å². The maximum absolute atomic E-state index is 12.7. The van der Waals surface area contributed by atoms with Gasteiger partial charge in [0.2, 0.25) is 0 Å². The van der Waals surface area contributed by atoms with E-state index in [-0.39, 0.29) is 34.6 Å². The first-order valence-corrected chi connectivity index (χ1v) is 11.3. The van der Waals surface area contributed by atoms with Gasteiger partial charge in [-0.05, 0) is 74.5 Å². The second-order valence-electron chi connectivity index (χ2n) is 10.7. The Balaban J connectivity index is 1.65. The largest absolute Gasteiger partial charge is 0.462 e. The van der Waals surface area contributed by atoms with Gasteiger partial charge in [-0.15, -0.1) is 0 Å². The predicted octanol–water partition coefficient (Wildman–Crippen LogP) is 4.94. The highest BCUT2D eigenvalue weighted by Crippen LogP contribution is 2.69. The van der Waals surface area contributed by atoms with Crippen molar-refractivity contribution in [3.63, 3.8) is 0 Å². The van der Waals surface area contributed by atoms with Crippen LogP contribution in [-0.4, -0.2) is 28.7 Å². The van der Waals surface area contributed by atoms with Gasteiger partial charge < -0.3 is 4.74 Å². The fraction of sp³-hybridized carbons (Fsp3) is 0.833. The minimum atomic E-state index is -1.08. The first-order valence-electron chi connectivity index (χ1n) is 11.3. The summed E-state index contributed by atoms with van der Waals surface area (Å²) >= 11 is 0. The lowest BCUT2D eigenvalue weighted by atomic mass is 9.46. The molecule has 4 rings (SSSR count).